The molecule has 0 aromatic heterocycles. The minimum Gasteiger partial charge on any atom is -0.384 e. The number of methoxy groups -OCH3 is 1. The number of thioether (sulfide) groups is 1. The van der Waals surface area contributed by atoms with Crippen molar-refractivity contribution in [3.8, 4) is 11.1 Å². The molecular formula is C41H42F5N3O3S. The summed E-state index contributed by atoms with van der Waals surface area (Å²) in [6, 6.07) is 1.46. The second kappa shape index (κ2) is 16.8. The number of aliphatic hydroxyl groups excluding tert-OH is 1. The van der Waals surface area contributed by atoms with E-state index in [9.17, 15) is 35.0 Å². The van der Waals surface area contributed by atoms with Crippen LogP contribution in [-0.4, -0.2) is 66.5 Å². The molecule has 6 rings (SSSR count). The van der Waals surface area contributed by atoms with Gasteiger partial charge in [-0.1, -0.05) is 66.2 Å². The summed E-state index contributed by atoms with van der Waals surface area (Å²) in [7, 11) is -3.21. The van der Waals surface area contributed by atoms with Gasteiger partial charge in [0, 0.05) is 72.6 Å². The van der Waals surface area contributed by atoms with E-state index in [0.717, 1.165) is 73.7 Å². The number of alkyl halides is 3. The number of rotatable bonds is 12. The smallest absolute Gasteiger partial charge is 0.384 e. The first-order valence-electron chi connectivity index (χ1n) is 25.6. The minimum atomic E-state index is -4.74. The van der Waals surface area contributed by atoms with Crippen LogP contribution in [0, 0.1) is 18.6 Å². The molecule has 6 nitrogen and oxygen atoms in total. The zero-order valence-corrected chi connectivity index (χ0v) is 28.3. The Balaban J connectivity index is 1.65. The van der Waals surface area contributed by atoms with Crippen LogP contribution in [0.3, 0.4) is 0 Å². The summed E-state index contributed by atoms with van der Waals surface area (Å²) >= 11 is 0.191. The molecule has 2 aliphatic heterocycles. The maximum Gasteiger partial charge on any atom is 0.416 e. The molecule has 0 bridgehead atoms. The average molecular weight is 772 g/mol. The van der Waals surface area contributed by atoms with Crippen LogP contribution in [0.25, 0.3) is 11.1 Å². The summed E-state index contributed by atoms with van der Waals surface area (Å²) in [4.78, 5) is 14.8. The number of carbonyl (C=O) groups is 1. The van der Waals surface area contributed by atoms with Gasteiger partial charge in [0.2, 0.25) is 5.91 Å². The van der Waals surface area contributed by atoms with E-state index in [1.165, 1.54) is 0 Å². The molecule has 1 unspecified atom stereocenters. The van der Waals surface area contributed by atoms with Crippen molar-refractivity contribution in [2.45, 2.75) is 50.2 Å². The number of carbonyl (C=O) groups excluding carboxylic acids is 1. The van der Waals surface area contributed by atoms with Crippen LogP contribution in [0.15, 0.2) is 95.9 Å². The van der Waals surface area contributed by atoms with Gasteiger partial charge in [0.25, 0.3) is 0 Å². The van der Waals surface area contributed by atoms with Gasteiger partial charge in [0.15, 0.2) is 11.6 Å². The van der Waals surface area contributed by atoms with E-state index in [1.54, 1.807) is 0 Å². The van der Waals surface area contributed by atoms with Crippen LogP contribution in [0.1, 0.15) is 74.1 Å². The van der Waals surface area contributed by atoms with Crippen molar-refractivity contribution >= 4 is 23.4 Å². The van der Waals surface area contributed by atoms with Gasteiger partial charge in [-0.2, -0.15) is 13.2 Å². The molecule has 1 saturated heterocycles. The number of halogens is 5. The van der Waals surface area contributed by atoms with Crippen LogP contribution in [0.5, 0.6) is 0 Å². The number of hydrogen-bond donors (Lipinski definition) is 1. The molecule has 53 heavy (non-hydrogen) atoms. The van der Waals surface area contributed by atoms with Gasteiger partial charge >= 0.3 is 6.18 Å². The lowest BCUT2D eigenvalue weighted by molar-refractivity contribution is -0.137. The van der Waals surface area contributed by atoms with Crippen LogP contribution in [-0.2, 0) is 28.0 Å². The Bertz CT molecular complexity index is 2810. The molecule has 0 radical (unpaired) electrons. The van der Waals surface area contributed by atoms with E-state index in [1.807, 2.05) is 0 Å². The zero-order valence-electron chi connectivity index (χ0n) is 47.5. The van der Waals surface area contributed by atoms with Crippen molar-refractivity contribution in [3.05, 3.63) is 135 Å². The number of likely N-dealkylation sites (tertiary alicyclic amines) is 1. The fourth-order valence-corrected chi connectivity index (χ4v) is 5.97. The standard InChI is InChI=1S/C41H42F5N3O3S/c1-27-6-15-36-34(22-27)37(50)23-39(53-26-31-4-3-5-35(42)40(31)43)49(36)25-38(51)48(33-16-18-47(19-17-33)20-21-52-2)24-28-7-9-29(10-8-28)30-11-13-32(14-12-30)41(44,45)46/h3-15,22-23,33,37,50H,16-21,24-26H2,1-2H3/i2D3,6D,15D,16D2,17D2,18D2,19D2,22D,23D,24D2,25D2,33D. The van der Waals surface area contributed by atoms with Gasteiger partial charge in [-0.05, 0) is 66.7 Å². The van der Waals surface area contributed by atoms with Crippen LogP contribution < -0.4 is 4.90 Å². The molecule has 0 spiro atoms. The van der Waals surface area contributed by atoms with Crippen LogP contribution in [0.2, 0.25) is 0 Å². The zero-order chi connectivity index (χ0) is 55.4. The first kappa shape index (κ1) is 20.5. The third-order valence-corrected chi connectivity index (χ3v) is 8.67. The fourth-order valence-electron chi connectivity index (χ4n) is 4.99. The van der Waals surface area contributed by atoms with Crippen molar-refractivity contribution in [1.29, 1.82) is 0 Å². The molecule has 4 aromatic carbocycles. The largest absolute Gasteiger partial charge is 0.416 e. The highest BCUT2D eigenvalue weighted by Crippen LogP contribution is 2.41. The third kappa shape index (κ3) is 9.29. The first-order chi connectivity index (χ1) is 33.2. The molecule has 4 aromatic rings. The quantitative estimate of drug-likeness (QED) is 0.146. The number of benzene rings is 4. The van der Waals surface area contributed by atoms with Gasteiger partial charge in [-0.3, -0.25) is 4.79 Å². The van der Waals surface area contributed by atoms with Gasteiger partial charge in [0.05, 0.1) is 33.6 Å². The van der Waals surface area contributed by atoms with Crippen molar-refractivity contribution in [1.82, 2.24) is 9.80 Å². The second-order valence-corrected chi connectivity index (χ2v) is 12.3. The Morgan fingerprint density at radius 2 is 1.79 bits per heavy atom. The number of ether oxygens (including phenoxy) is 1. The van der Waals surface area contributed by atoms with Crippen molar-refractivity contribution < 1.29 is 64.0 Å². The van der Waals surface area contributed by atoms with E-state index < -0.39 is 163 Å². The summed E-state index contributed by atoms with van der Waals surface area (Å²) in [6.45, 7) is -18.0. The van der Waals surface area contributed by atoms with Gasteiger partial charge in [-0.25, -0.2) is 8.78 Å². The van der Waals surface area contributed by atoms with Crippen molar-refractivity contribution in [2.24, 2.45) is 0 Å². The lowest BCUT2D eigenvalue weighted by atomic mass is 9.99. The molecule has 2 aliphatic rings. The number of anilines is 1. The minimum absolute atomic E-state index is 0.0509. The summed E-state index contributed by atoms with van der Waals surface area (Å²) in [5.41, 5.74) is -4.50. The van der Waals surface area contributed by atoms with Gasteiger partial charge in [0.1, 0.15) is 12.6 Å². The van der Waals surface area contributed by atoms with Crippen LogP contribution in [0.4, 0.5) is 27.6 Å². The number of piperidine rings is 1. The van der Waals surface area contributed by atoms with E-state index >= 15 is 9.18 Å². The number of hydrogen-bond acceptors (Lipinski definition) is 6. The molecule has 0 aliphatic carbocycles. The van der Waals surface area contributed by atoms with E-state index in [0.29, 0.717) is 0 Å². The molecule has 280 valence electrons. The molecule has 1 N–H and O–H groups in total. The van der Waals surface area contributed by atoms with Gasteiger partial charge in [-0.15, -0.1) is 11.8 Å². The topological polar surface area (TPSA) is 56.3 Å². The Labute approximate surface area is 339 Å². The number of nitrogens with zero attached hydrogens (tertiary/aromatic N) is 3. The lowest BCUT2D eigenvalue weighted by Gasteiger charge is -2.40. The molecule has 1 fully saturated rings. The normalized spacial score (nSPS) is 27.6. The number of amides is 1. The molecule has 12 heteroatoms. The predicted octanol–water partition coefficient (Wildman–Crippen LogP) is 8.73. The highest BCUT2D eigenvalue weighted by Gasteiger charge is 2.33. The first-order valence-corrected chi connectivity index (χ1v) is 16.6. The molecule has 2 heterocycles. The Hall–Kier alpha value is -4.23. The third-order valence-electron chi connectivity index (χ3n) is 7.64. The Kier molecular flexibility index (Phi) is 6.50. The monoisotopic (exact) mass is 771 g/mol. The van der Waals surface area contributed by atoms with E-state index in [-0.39, 0.29) is 38.3 Å². The van der Waals surface area contributed by atoms with E-state index in [2.05, 4.69) is 4.74 Å². The Morgan fingerprint density at radius 3 is 2.47 bits per heavy atom. The maximum atomic E-state index is 15.8. The maximum absolute atomic E-state index is 15.8. The molecule has 0 saturated carbocycles. The lowest BCUT2D eigenvalue weighted by Crippen LogP contribution is -2.50. The van der Waals surface area contributed by atoms with Crippen molar-refractivity contribution in [3.63, 3.8) is 0 Å². The van der Waals surface area contributed by atoms with E-state index in [4.69, 9.17) is 15.1 Å². The Morgan fingerprint density at radius 1 is 1.09 bits per heavy atom. The summed E-state index contributed by atoms with van der Waals surface area (Å²) in [5, 5.41) is 10.6. The predicted molar refractivity (Wildman–Crippen MR) is 198 cm³/mol. The summed E-state index contributed by atoms with van der Waals surface area (Å²) < 4.78 is 253. The summed E-state index contributed by atoms with van der Waals surface area (Å²) in [6.07, 6.45) is -16.0. The van der Waals surface area contributed by atoms with Crippen LogP contribution >= 0.6 is 11.8 Å². The molecular weight excluding hydrogens is 710 g/mol. The highest BCUT2D eigenvalue weighted by atomic mass is 32.2. The van der Waals surface area contributed by atoms with Gasteiger partial charge < -0.3 is 24.5 Å². The molecule has 1 atom stereocenters. The average Bonchev–Trinajstić information content (AvgIpc) is 3.29. The fraction of sp³-hybridized carbons (Fsp3) is 0.341. The highest BCUT2D eigenvalue weighted by molar-refractivity contribution is 8.02. The van der Waals surface area contributed by atoms with Crippen molar-refractivity contribution in [2.75, 3.05) is 44.6 Å². The number of fused-ring (bicyclic) bond motifs is 1. The molecule has 1 amide bonds. The summed E-state index contributed by atoms with van der Waals surface area (Å²) in [5.74, 6) is -6.22. The second-order valence-electron chi connectivity index (χ2n) is 11.3. The number of aliphatic hydroxyl groups is 1. The SMILES string of the molecule is [2H]C1=C(SCc2cccc(F)c2F)N(C([2H])([2H])C(=O)N(C([2H])([2H])c2ccc(-c3ccc(C(F)(F)F)cc3)cc2)C2([2H])C([2H])([2H])C([2H])([2H])N(CCOC([2H])([2H])[2H])C([2H])([2H])C2([2H])[2H])c2c([2H])c([2H])c(C)c([2H])c2C1O.